The highest BCUT2D eigenvalue weighted by atomic mass is 16.5. The van der Waals surface area contributed by atoms with Crippen LogP contribution in [0.15, 0.2) is 24.7 Å². The molecule has 6 nitrogen and oxygen atoms in total. The van der Waals surface area contributed by atoms with E-state index in [-0.39, 0.29) is 0 Å². The standard InChI is InChI=1S/C13H19N5O/c1-17(2)11-5-6-14-13(19-4)12(11)15-7-10-8-16-18(3)9-10/h5-6,8-9,15H,7H2,1-4H3. The third-order valence-corrected chi connectivity index (χ3v) is 2.80. The largest absolute Gasteiger partial charge is 0.479 e. The van der Waals surface area contributed by atoms with E-state index < -0.39 is 0 Å². The molecule has 0 atom stereocenters. The zero-order valence-electron chi connectivity index (χ0n) is 11.7. The van der Waals surface area contributed by atoms with E-state index in [0.29, 0.717) is 12.4 Å². The van der Waals surface area contributed by atoms with Gasteiger partial charge in [0.25, 0.3) is 0 Å². The molecule has 0 saturated heterocycles. The monoisotopic (exact) mass is 261 g/mol. The Morgan fingerprint density at radius 2 is 2.21 bits per heavy atom. The molecule has 6 heteroatoms. The van der Waals surface area contributed by atoms with Gasteiger partial charge in [-0.1, -0.05) is 0 Å². The van der Waals surface area contributed by atoms with E-state index in [9.17, 15) is 0 Å². The van der Waals surface area contributed by atoms with Crippen LogP contribution >= 0.6 is 0 Å². The Bertz CT molecular complexity index is 550. The first-order chi connectivity index (χ1) is 9.11. The second-order valence-electron chi connectivity index (χ2n) is 4.48. The van der Waals surface area contributed by atoms with Gasteiger partial charge in [-0.05, 0) is 6.07 Å². The Labute approximate surface area is 113 Å². The molecule has 0 bridgehead atoms. The number of pyridine rings is 1. The fourth-order valence-electron chi connectivity index (χ4n) is 1.88. The van der Waals surface area contributed by atoms with Crippen LogP contribution in [0.2, 0.25) is 0 Å². The summed E-state index contributed by atoms with van der Waals surface area (Å²) in [5.74, 6) is 0.593. The molecule has 0 amide bonds. The van der Waals surface area contributed by atoms with Crippen LogP contribution in [0, 0.1) is 0 Å². The lowest BCUT2D eigenvalue weighted by molar-refractivity contribution is 0.400. The number of hydrogen-bond donors (Lipinski definition) is 1. The molecule has 2 aromatic heterocycles. The lowest BCUT2D eigenvalue weighted by Gasteiger charge is -2.19. The minimum atomic E-state index is 0.593. The zero-order valence-corrected chi connectivity index (χ0v) is 11.7. The van der Waals surface area contributed by atoms with Gasteiger partial charge in [-0.25, -0.2) is 4.98 Å². The molecule has 0 aliphatic heterocycles. The third-order valence-electron chi connectivity index (χ3n) is 2.80. The van der Waals surface area contributed by atoms with Gasteiger partial charge in [0.2, 0.25) is 5.88 Å². The number of ether oxygens (including phenoxy) is 1. The Hall–Kier alpha value is -2.24. The highest BCUT2D eigenvalue weighted by Gasteiger charge is 2.12. The predicted molar refractivity (Wildman–Crippen MR) is 75.7 cm³/mol. The van der Waals surface area contributed by atoms with Gasteiger partial charge < -0.3 is 15.0 Å². The summed E-state index contributed by atoms with van der Waals surface area (Å²) in [6.45, 7) is 0.677. The molecule has 1 N–H and O–H groups in total. The topological polar surface area (TPSA) is 55.2 Å². The quantitative estimate of drug-likeness (QED) is 0.884. The first-order valence-corrected chi connectivity index (χ1v) is 6.03. The van der Waals surface area contributed by atoms with Crippen molar-refractivity contribution in [3.63, 3.8) is 0 Å². The van der Waals surface area contributed by atoms with Crippen LogP contribution in [0.3, 0.4) is 0 Å². The van der Waals surface area contributed by atoms with Crippen molar-refractivity contribution in [2.45, 2.75) is 6.54 Å². The van der Waals surface area contributed by atoms with Gasteiger partial charge in [-0.3, -0.25) is 4.68 Å². The lowest BCUT2D eigenvalue weighted by atomic mass is 10.3. The fourth-order valence-corrected chi connectivity index (χ4v) is 1.88. The maximum atomic E-state index is 5.31. The van der Waals surface area contributed by atoms with E-state index in [2.05, 4.69) is 15.4 Å². The van der Waals surface area contributed by atoms with Crippen molar-refractivity contribution in [2.24, 2.45) is 7.05 Å². The smallest absolute Gasteiger partial charge is 0.239 e. The first kappa shape index (κ1) is 13.2. The molecule has 0 radical (unpaired) electrons. The molecule has 0 aliphatic rings. The molecule has 2 heterocycles. The number of nitrogens with zero attached hydrogens (tertiary/aromatic N) is 4. The summed E-state index contributed by atoms with van der Waals surface area (Å²) >= 11 is 0. The third kappa shape index (κ3) is 2.96. The normalized spacial score (nSPS) is 10.3. The van der Waals surface area contributed by atoms with Crippen LogP contribution in [0.4, 0.5) is 11.4 Å². The van der Waals surface area contributed by atoms with E-state index in [1.807, 2.05) is 44.5 Å². The summed E-state index contributed by atoms with van der Waals surface area (Å²) in [7, 11) is 7.50. The number of aromatic nitrogens is 3. The molecule has 0 fully saturated rings. The Balaban J connectivity index is 2.22. The lowest BCUT2D eigenvalue weighted by Crippen LogP contribution is -2.13. The maximum Gasteiger partial charge on any atom is 0.239 e. The van der Waals surface area contributed by atoms with Crippen LogP contribution < -0.4 is 15.0 Å². The average molecular weight is 261 g/mol. The van der Waals surface area contributed by atoms with Gasteiger partial charge >= 0.3 is 0 Å². The van der Waals surface area contributed by atoms with Gasteiger partial charge in [-0.15, -0.1) is 0 Å². The minimum absolute atomic E-state index is 0.593. The van der Waals surface area contributed by atoms with Crippen molar-refractivity contribution in [3.05, 3.63) is 30.2 Å². The van der Waals surface area contributed by atoms with E-state index in [0.717, 1.165) is 16.9 Å². The predicted octanol–water partition coefficient (Wildman–Crippen LogP) is 1.50. The molecule has 2 rings (SSSR count). The van der Waals surface area contributed by atoms with Crippen molar-refractivity contribution in [1.29, 1.82) is 0 Å². The number of nitrogens with one attached hydrogen (secondary N) is 1. The summed E-state index contributed by atoms with van der Waals surface area (Å²) in [4.78, 5) is 6.25. The second-order valence-corrected chi connectivity index (χ2v) is 4.48. The van der Waals surface area contributed by atoms with E-state index >= 15 is 0 Å². The molecule has 0 saturated carbocycles. The summed E-state index contributed by atoms with van der Waals surface area (Å²) in [5, 5.41) is 7.51. The molecule has 0 spiro atoms. The number of anilines is 2. The van der Waals surface area contributed by atoms with Gasteiger partial charge in [0.1, 0.15) is 5.69 Å². The first-order valence-electron chi connectivity index (χ1n) is 6.03. The SMILES string of the molecule is COc1nccc(N(C)C)c1NCc1cnn(C)c1. The van der Waals surface area contributed by atoms with Crippen LogP contribution in [0.1, 0.15) is 5.56 Å². The Morgan fingerprint density at radius 1 is 1.42 bits per heavy atom. The summed E-state index contributed by atoms with van der Waals surface area (Å²) < 4.78 is 7.09. The molecular weight excluding hydrogens is 242 g/mol. The number of rotatable bonds is 5. The molecular formula is C13H19N5O. The fraction of sp³-hybridized carbons (Fsp3) is 0.385. The summed E-state index contributed by atoms with van der Waals surface area (Å²) in [5.41, 5.74) is 3.03. The highest BCUT2D eigenvalue weighted by Crippen LogP contribution is 2.32. The summed E-state index contributed by atoms with van der Waals surface area (Å²) in [6.07, 6.45) is 5.56. The molecule has 0 aromatic carbocycles. The van der Waals surface area contributed by atoms with Crippen LogP contribution in [0.5, 0.6) is 5.88 Å². The molecule has 0 unspecified atom stereocenters. The molecule has 19 heavy (non-hydrogen) atoms. The molecule has 2 aromatic rings. The van der Waals surface area contributed by atoms with E-state index in [1.54, 1.807) is 18.0 Å². The maximum absolute atomic E-state index is 5.31. The Morgan fingerprint density at radius 3 is 2.79 bits per heavy atom. The van der Waals surface area contributed by atoms with Crippen molar-refractivity contribution in [3.8, 4) is 5.88 Å². The van der Waals surface area contributed by atoms with Gasteiger partial charge in [0.15, 0.2) is 0 Å². The number of hydrogen-bond acceptors (Lipinski definition) is 5. The van der Waals surface area contributed by atoms with Crippen LogP contribution in [0.25, 0.3) is 0 Å². The van der Waals surface area contributed by atoms with Crippen molar-refractivity contribution < 1.29 is 4.74 Å². The van der Waals surface area contributed by atoms with Crippen molar-refractivity contribution in [1.82, 2.24) is 14.8 Å². The van der Waals surface area contributed by atoms with Gasteiger partial charge in [0.05, 0.1) is 19.0 Å². The van der Waals surface area contributed by atoms with Gasteiger partial charge in [0, 0.05) is 45.6 Å². The van der Waals surface area contributed by atoms with Gasteiger partial charge in [-0.2, -0.15) is 5.10 Å². The highest BCUT2D eigenvalue weighted by molar-refractivity contribution is 5.74. The average Bonchev–Trinajstić information content (AvgIpc) is 2.81. The minimum Gasteiger partial charge on any atom is -0.479 e. The zero-order chi connectivity index (χ0) is 13.8. The Kier molecular flexibility index (Phi) is 3.89. The molecule has 102 valence electrons. The molecule has 0 aliphatic carbocycles. The van der Waals surface area contributed by atoms with E-state index in [1.165, 1.54) is 0 Å². The van der Waals surface area contributed by atoms with Crippen LogP contribution in [-0.2, 0) is 13.6 Å². The second kappa shape index (κ2) is 5.60. The number of methoxy groups -OCH3 is 1. The number of aryl methyl sites for hydroxylation is 1. The van der Waals surface area contributed by atoms with E-state index in [4.69, 9.17) is 4.74 Å². The van der Waals surface area contributed by atoms with Crippen LogP contribution in [-0.4, -0.2) is 36.0 Å². The summed E-state index contributed by atoms with van der Waals surface area (Å²) in [6, 6.07) is 1.95. The van der Waals surface area contributed by atoms with Crippen molar-refractivity contribution in [2.75, 3.05) is 31.4 Å². The van der Waals surface area contributed by atoms with Crippen molar-refractivity contribution >= 4 is 11.4 Å².